The number of rotatable bonds is 6. The molecule has 1 fully saturated rings. The highest BCUT2D eigenvalue weighted by molar-refractivity contribution is 5.30. The van der Waals surface area contributed by atoms with E-state index in [4.69, 9.17) is 0 Å². The zero-order valence-electron chi connectivity index (χ0n) is 14.6. The molecule has 3 rings (SSSR count). The molecule has 128 valence electrons. The van der Waals surface area contributed by atoms with Gasteiger partial charge in [0.2, 0.25) is 0 Å². The van der Waals surface area contributed by atoms with Gasteiger partial charge in [0.25, 0.3) is 0 Å². The molecule has 2 aromatic carbocycles. The van der Waals surface area contributed by atoms with E-state index in [1.807, 2.05) is 0 Å². The third-order valence-corrected chi connectivity index (χ3v) is 4.89. The molecule has 3 nitrogen and oxygen atoms in total. The van der Waals surface area contributed by atoms with Crippen molar-refractivity contribution >= 4 is 0 Å². The second kappa shape index (κ2) is 8.43. The Hall–Kier alpha value is -1.68. The molecule has 0 atom stereocenters. The molecule has 1 saturated heterocycles. The van der Waals surface area contributed by atoms with Crippen LogP contribution in [0.5, 0.6) is 0 Å². The summed E-state index contributed by atoms with van der Waals surface area (Å²) in [6.45, 7) is 6.28. The van der Waals surface area contributed by atoms with E-state index in [-0.39, 0.29) is 6.61 Å². The van der Waals surface area contributed by atoms with Crippen molar-refractivity contribution in [1.29, 1.82) is 0 Å². The maximum atomic E-state index is 9.54. The maximum absolute atomic E-state index is 9.54. The fraction of sp³-hybridized carbons (Fsp3) is 0.429. The van der Waals surface area contributed by atoms with Gasteiger partial charge >= 0.3 is 0 Å². The average molecular weight is 324 g/mol. The summed E-state index contributed by atoms with van der Waals surface area (Å²) in [5, 5.41) is 14.5. The van der Waals surface area contributed by atoms with Gasteiger partial charge in [-0.25, -0.2) is 10.0 Å². The minimum Gasteiger partial charge on any atom is -0.392 e. The van der Waals surface area contributed by atoms with Crippen LogP contribution in [0.15, 0.2) is 48.5 Å². The van der Waals surface area contributed by atoms with Crippen LogP contribution < -0.4 is 0 Å². The SMILES string of the molecule is Cc1ccc(CN(Cc2ccccc2)N2CCCCC2)cc1CO. The molecule has 0 aromatic heterocycles. The summed E-state index contributed by atoms with van der Waals surface area (Å²) in [6.07, 6.45) is 3.90. The second-order valence-corrected chi connectivity index (χ2v) is 6.74. The maximum Gasteiger partial charge on any atom is 0.0684 e. The van der Waals surface area contributed by atoms with Gasteiger partial charge in [0.05, 0.1) is 6.61 Å². The minimum atomic E-state index is 0.113. The van der Waals surface area contributed by atoms with E-state index >= 15 is 0 Å². The normalized spacial score (nSPS) is 15.8. The summed E-state index contributed by atoms with van der Waals surface area (Å²) < 4.78 is 0. The Morgan fingerprint density at radius 2 is 1.62 bits per heavy atom. The van der Waals surface area contributed by atoms with E-state index in [1.54, 1.807) is 0 Å². The predicted molar refractivity (Wildman–Crippen MR) is 98.2 cm³/mol. The highest BCUT2D eigenvalue weighted by Gasteiger charge is 2.19. The number of aryl methyl sites for hydroxylation is 1. The van der Waals surface area contributed by atoms with Crippen molar-refractivity contribution < 1.29 is 5.11 Å². The Labute approximate surface area is 145 Å². The lowest BCUT2D eigenvalue weighted by atomic mass is 10.1. The lowest BCUT2D eigenvalue weighted by Gasteiger charge is -2.37. The van der Waals surface area contributed by atoms with Crippen LogP contribution in [0.3, 0.4) is 0 Å². The smallest absolute Gasteiger partial charge is 0.0684 e. The van der Waals surface area contributed by atoms with Gasteiger partial charge in [-0.1, -0.05) is 55.0 Å². The van der Waals surface area contributed by atoms with Crippen LogP contribution in [0.1, 0.15) is 41.5 Å². The molecule has 1 aliphatic heterocycles. The van der Waals surface area contributed by atoms with Gasteiger partial charge < -0.3 is 5.11 Å². The third kappa shape index (κ3) is 4.44. The zero-order chi connectivity index (χ0) is 16.8. The van der Waals surface area contributed by atoms with Crippen molar-refractivity contribution in [3.05, 3.63) is 70.8 Å². The summed E-state index contributed by atoms with van der Waals surface area (Å²) >= 11 is 0. The highest BCUT2D eigenvalue weighted by atomic mass is 16.3. The number of hydrogen-bond acceptors (Lipinski definition) is 3. The molecule has 0 unspecified atom stereocenters. The molecular formula is C21H28N2O. The number of aliphatic hydroxyl groups is 1. The second-order valence-electron chi connectivity index (χ2n) is 6.74. The van der Waals surface area contributed by atoms with Crippen LogP contribution in [0, 0.1) is 6.92 Å². The number of hydrazine groups is 1. The summed E-state index contributed by atoms with van der Waals surface area (Å²) in [5.74, 6) is 0. The Kier molecular flexibility index (Phi) is 6.02. The number of nitrogens with zero attached hydrogens (tertiary/aromatic N) is 2. The lowest BCUT2D eigenvalue weighted by Crippen LogP contribution is -2.44. The molecule has 1 N–H and O–H groups in total. The highest BCUT2D eigenvalue weighted by Crippen LogP contribution is 2.19. The van der Waals surface area contributed by atoms with E-state index < -0.39 is 0 Å². The summed E-state index contributed by atoms with van der Waals surface area (Å²) in [4.78, 5) is 0. The topological polar surface area (TPSA) is 26.7 Å². The molecule has 1 aliphatic rings. The first-order valence-corrected chi connectivity index (χ1v) is 8.99. The van der Waals surface area contributed by atoms with Crippen molar-refractivity contribution in [1.82, 2.24) is 10.0 Å². The summed E-state index contributed by atoms with van der Waals surface area (Å²) in [5.41, 5.74) is 4.81. The molecule has 0 bridgehead atoms. The molecule has 0 saturated carbocycles. The molecule has 1 heterocycles. The van der Waals surface area contributed by atoms with Crippen LogP contribution in [0.4, 0.5) is 0 Å². The van der Waals surface area contributed by atoms with Gasteiger partial charge in [0.15, 0.2) is 0 Å². The van der Waals surface area contributed by atoms with Crippen LogP contribution in [-0.4, -0.2) is 28.2 Å². The van der Waals surface area contributed by atoms with Crippen molar-refractivity contribution in [3.63, 3.8) is 0 Å². The number of piperidine rings is 1. The summed E-state index contributed by atoms with van der Waals surface area (Å²) in [6, 6.07) is 17.2. The van der Waals surface area contributed by atoms with E-state index in [9.17, 15) is 5.11 Å². The first-order chi connectivity index (χ1) is 11.8. The van der Waals surface area contributed by atoms with Gasteiger partial charge in [-0.05, 0) is 42.0 Å². The van der Waals surface area contributed by atoms with Gasteiger partial charge in [-0.2, -0.15) is 0 Å². The fourth-order valence-corrected chi connectivity index (χ4v) is 3.41. The Bertz CT molecular complexity index is 636. The van der Waals surface area contributed by atoms with Crippen molar-refractivity contribution in [2.24, 2.45) is 0 Å². The molecule has 0 radical (unpaired) electrons. The van der Waals surface area contributed by atoms with Crippen LogP contribution in [0.2, 0.25) is 0 Å². The van der Waals surface area contributed by atoms with Crippen LogP contribution in [0.25, 0.3) is 0 Å². The van der Waals surface area contributed by atoms with Crippen molar-refractivity contribution in [2.45, 2.75) is 45.9 Å². The Morgan fingerprint density at radius 3 is 2.33 bits per heavy atom. The number of benzene rings is 2. The molecule has 0 aliphatic carbocycles. The standard InChI is InChI=1S/C21H28N2O/c1-18-10-11-20(14-21(18)17-24)16-23(22-12-6-3-7-13-22)15-19-8-4-2-5-9-19/h2,4-5,8-11,14,24H,3,6-7,12-13,15-17H2,1H3. The Morgan fingerprint density at radius 1 is 0.917 bits per heavy atom. The quantitative estimate of drug-likeness (QED) is 0.873. The monoisotopic (exact) mass is 324 g/mol. The minimum absolute atomic E-state index is 0.113. The fourth-order valence-electron chi connectivity index (χ4n) is 3.41. The average Bonchev–Trinajstić information content (AvgIpc) is 2.64. The van der Waals surface area contributed by atoms with E-state index in [0.717, 1.165) is 37.3 Å². The summed E-state index contributed by atoms with van der Waals surface area (Å²) in [7, 11) is 0. The lowest BCUT2D eigenvalue weighted by molar-refractivity contribution is -0.0544. The number of hydrogen-bond donors (Lipinski definition) is 1. The first-order valence-electron chi connectivity index (χ1n) is 8.99. The first kappa shape index (κ1) is 17.2. The van der Waals surface area contributed by atoms with Crippen LogP contribution in [-0.2, 0) is 19.7 Å². The molecule has 0 amide bonds. The van der Waals surface area contributed by atoms with Crippen LogP contribution >= 0.6 is 0 Å². The van der Waals surface area contributed by atoms with Gasteiger partial charge in [0.1, 0.15) is 0 Å². The Balaban J connectivity index is 1.78. The molecule has 3 heteroatoms. The van der Waals surface area contributed by atoms with Crippen molar-refractivity contribution in [2.75, 3.05) is 13.1 Å². The predicted octanol–water partition coefficient (Wildman–Crippen LogP) is 3.89. The van der Waals surface area contributed by atoms with Gasteiger partial charge in [-0.3, -0.25) is 0 Å². The third-order valence-electron chi connectivity index (χ3n) is 4.89. The van der Waals surface area contributed by atoms with Gasteiger partial charge in [0, 0.05) is 26.2 Å². The van der Waals surface area contributed by atoms with E-state index in [1.165, 1.54) is 30.4 Å². The van der Waals surface area contributed by atoms with E-state index in [2.05, 4.69) is 65.5 Å². The number of aliphatic hydroxyl groups excluding tert-OH is 1. The van der Waals surface area contributed by atoms with E-state index in [0.29, 0.717) is 0 Å². The molecular weight excluding hydrogens is 296 g/mol. The largest absolute Gasteiger partial charge is 0.392 e. The zero-order valence-corrected chi connectivity index (χ0v) is 14.6. The molecule has 2 aromatic rings. The van der Waals surface area contributed by atoms with Crippen molar-refractivity contribution in [3.8, 4) is 0 Å². The molecule has 0 spiro atoms. The molecule has 24 heavy (non-hydrogen) atoms. The van der Waals surface area contributed by atoms with Gasteiger partial charge in [-0.15, -0.1) is 0 Å².